The van der Waals surface area contributed by atoms with Crippen LogP contribution in [0.2, 0.25) is 0 Å². The second-order valence-corrected chi connectivity index (χ2v) is 7.23. The molecule has 3 atom stereocenters. The molecule has 1 aliphatic rings. The van der Waals surface area contributed by atoms with Crippen molar-refractivity contribution in [2.75, 3.05) is 0 Å². The van der Waals surface area contributed by atoms with Crippen molar-refractivity contribution < 1.29 is 14.6 Å². The van der Waals surface area contributed by atoms with Crippen LogP contribution in [0, 0.1) is 5.92 Å². The van der Waals surface area contributed by atoms with Crippen molar-refractivity contribution in [2.45, 2.75) is 103 Å². The summed E-state index contributed by atoms with van der Waals surface area (Å²) < 4.78 is 5.24. The van der Waals surface area contributed by atoms with E-state index in [2.05, 4.69) is 32.1 Å². The van der Waals surface area contributed by atoms with Crippen molar-refractivity contribution in [3.63, 3.8) is 0 Å². The van der Waals surface area contributed by atoms with Gasteiger partial charge in [-0.25, -0.2) is 0 Å². The molecule has 25 heavy (non-hydrogen) atoms. The number of esters is 1. The number of unbranched alkanes of at least 4 members (excludes halogenated alkanes) is 6. The number of carbonyl (C=O) groups excluding carboxylic acids is 1. The van der Waals surface area contributed by atoms with Gasteiger partial charge in [-0.3, -0.25) is 4.79 Å². The standard InChI is InChI=1S/C22H38O3/c1-3-5-7-9-10-11-12-13-14-16-19(23)18-21-20(22(24)25-21)17-15-8-6-4-2/h10-11,13-14,19-21,23H,3-9,12,15-18H2,1-2H3/b11-10+,14-13+. The third kappa shape index (κ3) is 9.84. The minimum absolute atomic E-state index is 0.0153. The number of hydrogen-bond donors (Lipinski definition) is 1. The van der Waals surface area contributed by atoms with Gasteiger partial charge in [-0.2, -0.15) is 0 Å². The number of cyclic esters (lactones) is 1. The van der Waals surface area contributed by atoms with Crippen LogP contribution in [0.4, 0.5) is 0 Å². The normalized spacial score (nSPS) is 21.6. The van der Waals surface area contributed by atoms with Crippen molar-refractivity contribution in [3.05, 3.63) is 24.3 Å². The second-order valence-electron chi connectivity index (χ2n) is 7.23. The van der Waals surface area contributed by atoms with Crippen LogP contribution in [0.15, 0.2) is 24.3 Å². The third-order valence-corrected chi connectivity index (χ3v) is 4.88. The molecular weight excluding hydrogens is 312 g/mol. The maximum Gasteiger partial charge on any atom is 0.313 e. The molecule has 1 aliphatic heterocycles. The van der Waals surface area contributed by atoms with Crippen LogP contribution in [-0.4, -0.2) is 23.3 Å². The van der Waals surface area contributed by atoms with E-state index in [0.717, 1.165) is 25.7 Å². The lowest BCUT2D eigenvalue weighted by molar-refractivity contribution is -0.188. The molecule has 0 aromatic heterocycles. The van der Waals surface area contributed by atoms with Gasteiger partial charge in [0.2, 0.25) is 0 Å². The molecule has 0 spiro atoms. The highest BCUT2D eigenvalue weighted by atomic mass is 16.6. The SMILES string of the molecule is CCCCC/C=C/C/C=C/CC(O)CC1OC(=O)C1CCCCCC. The van der Waals surface area contributed by atoms with Crippen molar-refractivity contribution >= 4 is 5.97 Å². The van der Waals surface area contributed by atoms with Crippen LogP contribution in [0.3, 0.4) is 0 Å². The molecule has 1 N–H and O–H groups in total. The van der Waals surface area contributed by atoms with E-state index >= 15 is 0 Å². The summed E-state index contributed by atoms with van der Waals surface area (Å²) in [5, 5.41) is 10.1. The Kier molecular flexibility index (Phi) is 12.4. The lowest BCUT2D eigenvalue weighted by Crippen LogP contribution is -2.46. The minimum atomic E-state index is -0.416. The molecule has 0 saturated carbocycles. The zero-order valence-electron chi connectivity index (χ0n) is 16.3. The Morgan fingerprint density at radius 3 is 2.44 bits per heavy atom. The highest BCUT2D eigenvalue weighted by molar-refractivity contribution is 5.78. The van der Waals surface area contributed by atoms with Gasteiger partial charge in [0.15, 0.2) is 0 Å². The van der Waals surface area contributed by atoms with Gasteiger partial charge >= 0.3 is 5.97 Å². The Labute approximate surface area is 154 Å². The largest absolute Gasteiger partial charge is 0.461 e. The number of ether oxygens (including phenoxy) is 1. The molecule has 0 aromatic rings. The fraction of sp³-hybridized carbons (Fsp3) is 0.773. The number of hydrogen-bond acceptors (Lipinski definition) is 3. The van der Waals surface area contributed by atoms with Gasteiger partial charge in [0.05, 0.1) is 12.0 Å². The average Bonchev–Trinajstić information content (AvgIpc) is 2.59. The second kappa shape index (κ2) is 14.1. The number of aliphatic hydroxyl groups is 1. The first-order valence-corrected chi connectivity index (χ1v) is 10.4. The van der Waals surface area contributed by atoms with Gasteiger partial charge in [0, 0.05) is 6.42 Å². The Bertz CT molecular complexity index is 400. The Balaban J connectivity index is 2.11. The number of aliphatic hydroxyl groups excluding tert-OH is 1. The third-order valence-electron chi connectivity index (χ3n) is 4.88. The molecule has 1 rings (SSSR count). The first-order chi connectivity index (χ1) is 12.2. The molecule has 3 nitrogen and oxygen atoms in total. The van der Waals surface area contributed by atoms with E-state index in [-0.39, 0.29) is 18.0 Å². The molecule has 1 heterocycles. The number of carbonyl (C=O) groups is 1. The maximum absolute atomic E-state index is 11.6. The van der Waals surface area contributed by atoms with E-state index in [9.17, 15) is 9.90 Å². The quantitative estimate of drug-likeness (QED) is 0.233. The minimum Gasteiger partial charge on any atom is -0.461 e. The van der Waals surface area contributed by atoms with E-state index < -0.39 is 6.10 Å². The van der Waals surface area contributed by atoms with Crippen molar-refractivity contribution in [3.8, 4) is 0 Å². The Morgan fingerprint density at radius 1 is 1.00 bits per heavy atom. The monoisotopic (exact) mass is 350 g/mol. The maximum atomic E-state index is 11.6. The first-order valence-electron chi connectivity index (χ1n) is 10.4. The van der Waals surface area contributed by atoms with E-state index in [1.807, 2.05) is 6.08 Å². The van der Waals surface area contributed by atoms with Crippen LogP contribution in [-0.2, 0) is 9.53 Å². The highest BCUT2D eigenvalue weighted by Gasteiger charge is 2.42. The van der Waals surface area contributed by atoms with Crippen molar-refractivity contribution in [1.82, 2.24) is 0 Å². The fourth-order valence-corrected chi connectivity index (χ4v) is 3.22. The van der Waals surface area contributed by atoms with Gasteiger partial charge in [-0.1, -0.05) is 76.7 Å². The molecule has 0 bridgehead atoms. The van der Waals surface area contributed by atoms with Crippen LogP contribution in [0.5, 0.6) is 0 Å². The molecular formula is C22H38O3. The van der Waals surface area contributed by atoms with Gasteiger partial charge in [0.25, 0.3) is 0 Å². The zero-order valence-corrected chi connectivity index (χ0v) is 16.3. The first kappa shape index (κ1) is 22.0. The molecule has 3 unspecified atom stereocenters. The van der Waals surface area contributed by atoms with Gasteiger partial charge in [0.1, 0.15) is 6.10 Å². The molecule has 0 radical (unpaired) electrons. The molecule has 0 aliphatic carbocycles. The smallest absolute Gasteiger partial charge is 0.313 e. The van der Waals surface area contributed by atoms with Gasteiger partial charge in [-0.15, -0.1) is 0 Å². The molecule has 0 aromatic carbocycles. The number of rotatable bonds is 15. The van der Waals surface area contributed by atoms with E-state index in [4.69, 9.17) is 4.74 Å². The summed E-state index contributed by atoms with van der Waals surface area (Å²) in [6, 6.07) is 0. The highest BCUT2D eigenvalue weighted by Crippen LogP contribution is 2.31. The summed E-state index contributed by atoms with van der Waals surface area (Å²) in [4.78, 5) is 11.6. The Morgan fingerprint density at radius 2 is 1.72 bits per heavy atom. The van der Waals surface area contributed by atoms with Crippen LogP contribution in [0.1, 0.15) is 90.9 Å². The van der Waals surface area contributed by atoms with Crippen LogP contribution >= 0.6 is 0 Å². The molecule has 1 saturated heterocycles. The summed E-state index contributed by atoms with van der Waals surface area (Å²) in [7, 11) is 0. The number of allylic oxidation sites excluding steroid dienone is 3. The van der Waals surface area contributed by atoms with E-state index in [1.165, 1.54) is 38.5 Å². The molecule has 144 valence electrons. The molecule has 1 fully saturated rings. The molecule has 3 heteroatoms. The van der Waals surface area contributed by atoms with Crippen molar-refractivity contribution in [1.29, 1.82) is 0 Å². The van der Waals surface area contributed by atoms with Crippen molar-refractivity contribution in [2.24, 2.45) is 5.92 Å². The van der Waals surface area contributed by atoms with Gasteiger partial charge < -0.3 is 9.84 Å². The lowest BCUT2D eigenvalue weighted by atomic mass is 9.87. The van der Waals surface area contributed by atoms with Gasteiger partial charge in [-0.05, 0) is 32.1 Å². The topological polar surface area (TPSA) is 46.5 Å². The molecule has 0 amide bonds. The lowest BCUT2D eigenvalue weighted by Gasteiger charge is -2.36. The van der Waals surface area contributed by atoms with Crippen LogP contribution in [0.25, 0.3) is 0 Å². The van der Waals surface area contributed by atoms with E-state index in [1.54, 1.807) is 0 Å². The van der Waals surface area contributed by atoms with Crippen LogP contribution < -0.4 is 0 Å². The summed E-state index contributed by atoms with van der Waals surface area (Å²) in [6.07, 6.45) is 20.9. The summed E-state index contributed by atoms with van der Waals surface area (Å²) in [5.41, 5.74) is 0. The average molecular weight is 351 g/mol. The summed E-state index contributed by atoms with van der Waals surface area (Å²) >= 11 is 0. The Hall–Kier alpha value is -1.09. The predicted molar refractivity (Wildman–Crippen MR) is 104 cm³/mol. The fourth-order valence-electron chi connectivity index (χ4n) is 3.22. The zero-order chi connectivity index (χ0) is 18.3. The van der Waals surface area contributed by atoms with E-state index in [0.29, 0.717) is 12.8 Å². The summed E-state index contributed by atoms with van der Waals surface area (Å²) in [5.74, 6) is -0.0565. The predicted octanol–water partition coefficient (Wildman–Crippen LogP) is 5.72. The summed E-state index contributed by atoms with van der Waals surface area (Å²) in [6.45, 7) is 4.41.